The van der Waals surface area contributed by atoms with Crippen LogP contribution in [0.1, 0.15) is 49.1 Å². The van der Waals surface area contributed by atoms with Gasteiger partial charge in [0.05, 0.1) is 0 Å². The Morgan fingerprint density at radius 2 is 2.25 bits per heavy atom. The van der Waals surface area contributed by atoms with Crippen molar-refractivity contribution in [1.82, 2.24) is 20.4 Å². The quantitative estimate of drug-likeness (QED) is 0.888. The van der Waals surface area contributed by atoms with E-state index in [4.69, 9.17) is 0 Å². The van der Waals surface area contributed by atoms with Crippen LogP contribution in [0.25, 0.3) is 0 Å². The van der Waals surface area contributed by atoms with Crippen molar-refractivity contribution in [2.75, 3.05) is 6.54 Å². The number of halogens is 2. The fraction of sp³-hybridized carbons (Fsp3) is 0.692. The molecule has 1 spiro atoms. The van der Waals surface area contributed by atoms with E-state index in [1.54, 1.807) is 0 Å². The van der Waals surface area contributed by atoms with Crippen LogP contribution in [-0.2, 0) is 0 Å². The Bertz CT molecular complexity index is 491. The third kappa shape index (κ3) is 2.19. The molecule has 3 rings (SSSR count). The zero-order chi connectivity index (χ0) is 14.2. The fourth-order valence-corrected chi connectivity index (χ4v) is 3.49. The maximum atomic E-state index is 12.7. The monoisotopic (exact) mass is 284 g/mol. The van der Waals surface area contributed by atoms with Gasteiger partial charge in [-0.2, -0.15) is 18.6 Å². The second-order valence-electron chi connectivity index (χ2n) is 5.54. The Labute approximate surface area is 115 Å². The Hall–Kier alpha value is -1.50. The summed E-state index contributed by atoms with van der Waals surface area (Å²) in [5.74, 6) is -0.470. The summed E-state index contributed by atoms with van der Waals surface area (Å²) >= 11 is 0. The average Bonchev–Trinajstić information content (AvgIpc) is 3.13. The van der Waals surface area contributed by atoms with Gasteiger partial charge in [-0.25, -0.2) is 0 Å². The maximum Gasteiger partial charge on any atom is 0.333 e. The molecular weight excluding hydrogens is 266 g/mol. The molecule has 110 valence electrons. The third-order valence-corrected chi connectivity index (χ3v) is 4.47. The Balaban J connectivity index is 1.74. The smallest absolute Gasteiger partial charge is 0.333 e. The van der Waals surface area contributed by atoms with Crippen LogP contribution in [-0.4, -0.2) is 33.8 Å². The predicted octanol–water partition coefficient (Wildman–Crippen LogP) is 1.68. The van der Waals surface area contributed by atoms with E-state index in [-0.39, 0.29) is 17.3 Å². The summed E-state index contributed by atoms with van der Waals surface area (Å²) < 4.78 is 25.9. The van der Waals surface area contributed by atoms with Crippen molar-refractivity contribution >= 4 is 5.91 Å². The fourth-order valence-electron chi connectivity index (χ4n) is 3.49. The van der Waals surface area contributed by atoms with Crippen molar-refractivity contribution in [1.29, 1.82) is 0 Å². The standard InChI is InChI=1S/C13H18F2N4O/c14-12(15)19-9(3-8-17-19)11(20)18-10-4-7-16-13(10)5-1-2-6-13/h3,8,10,12,16H,1-2,4-7H2,(H,18,20). The topological polar surface area (TPSA) is 59.0 Å². The molecule has 2 fully saturated rings. The molecule has 2 aliphatic rings. The van der Waals surface area contributed by atoms with E-state index >= 15 is 0 Å². The molecule has 2 N–H and O–H groups in total. The van der Waals surface area contributed by atoms with Crippen LogP contribution in [0.4, 0.5) is 8.78 Å². The summed E-state index contributed by atoms with van der Waals surface area (Å²) in [7, 11) is 0. The molecule has 1 saturated carbocycles. The van der Waals surface area contributed by atoms with E-state index < -0.39 is 12.5 Å². The van der Waals surface area contributed by atoms with Gasteiger partial charge in [0.2, 0.25) is 0 Å². The molecule has 2 heterocycles. The number of carbonyl (C=O) groups is 1. The molecule has 1 aromatic rings. The first-order valence-corrected chi connectivity index (χ1v) is 7.00. The van der Waals surface area contributed by atoms with Crippen LogP contribution >= 0.6 is 0 Å². The highest BCUT2D eigenvalue weighted by Gasteiger charge is 2.45. The third-order valence-electron chi connectivity index (χ3n) is 4.47. The van der Waals surface area contributed by atoms with Crippen molar-refractivity contribution in [3.8, 4) is 0 Å². The summed E-state index contributed by atoms with van der Waals surface area (Å²) in [4.78, 5) is 12.2. The second kappa shape index (κ2) is 5.12. The molecule has 7 heteroatoms. The number of carbonyl (C=O) groups excluding carboxylic acids is 1. The lowest BCUT2D eigenvalue weighted by Gasteiger charge is -2.31. The number of aromatic nitrogens is 2. The van der Waals surface area contributed by atoms with Gasteiger partial charge < -0.3 is 10.6 Å². The molecule has 1 aliphatic heterocycles. The van der Waals surface area contributed by atoms with Gasteiger partial charge in [0.25, 0.3) is 5.91 Å². The van der Waals surface area contributed by atoms with Crippen molar-refractivity contribution in [3.63, 3.8) is 0 Å². The van der Waals surface area contributed by atoms with Gasteiger partial charge in [0.1, 0.15) is 5.69 Å². The molecule has 1 saturated heterocycles. The Kier molecular flexibility index (Phi) is 3.45. The van der Waals surface area contributed by atoms with Crippen molar-refractivity contribution < 1.29 is 13.6 Å². The number of nitrogens with one attached hydrogen (secondary N) is 2. The summed E-state index contributed by atoms with van der Waals surface area (Å²) in [5.41, 5.74) is -0.120. The van der Waals surface area contributed by atoms with Gasteiger partial charge in [0, 0.05) is 17.8 Å². The van der Waals surface area contributed by atoms with Gasteiger partial charge in [-0.05, 0) is 31.9 Å². The maximum absolute atomic E-state index is 12.7. The summed E-state index contributed by atoms with van der Waals surface area (Å²) in [6, 6.07) is 1.34. The predicted molar refractivity (Wildman–Crippen MR) is 68.6 cm³/mol. The molecule has 1 atom stereocenters. The van der Waals surface area contributed by atoms with Crippen LogP contribution in [0.2, 0.25) is 0 Å². The minimum atomic E-state index is -2.80. The lowest BCUT2D eigenvalue weighted by molar-refractivity contribution is 0.0504. The summed E-state index contributed by atoms with van der Waals surface area (Å²) in [6.07, 6.45) is 6.43. The van der Waals surface area contributed by atoms with Crippen LogP contribution in [0.3, 0.4) is 0 Å². The zero-order valence-electron chi connectivity index (χ0n) is 11.1. The Morgan fingerprint density at radius 3 is 2.95 bits per heavy atom. The molecule has 0 bridgehead atoms. The summed E-state index contributed by atoms with van der Waals surface area (Å²) in [5, 5.41) is 9.89. The lowest BCUT2D eigenvalue weighted by atomic mass is 9.90. The number of amides is 1. The van der Waals surface area contributed by atoms with E-state index in [1.807, 2.05) is 0 Å². The molecule has 5 nitrogen and oxygen atoms in total. The van der Waals surface area contributed by atoms with E-state index in [1.165, 1.54) is 12.3 Å². The number of rotatable bonds is 3. The first-order chi connectivity index (χ1) is 9.62. The van der Waals surface area contributed by atoms with E-state index in [2.05, 4.69) is 15.7 Å². The average molecular weight is 284 g/mol. The van der Waals surface area contributed by atoms with Gasteiger partial charge in [0.15, 0.2) is 0 Å². The molecule has 0 radical (unpaired) electrons. The largest absolute Gasteiger partial charge is 0.346 e. The van der Waals surface area contributed by atoms with Crippen LogP contribution in [0.15, 0.2) is 12.3 Å². The molecule has 0 aromatic carbocycles. The van der Waals surface area contributed by atoms with Crippen LogP contribution < -0.4 is 10.6 Å². The van der Waals surface area contributed by atoms with Gasteiger partial charge in [-0.3, -0.25) is 4.79 Å². The minimum Gasteiger partial charge on any atom is -0.346 e. The molecular formula is C13H18F2N4O. The first-order valence-electron chi connectivity index (χ1n) is 7.00. The number of alkyl halides is 2. The Morgan fingerprint density at radius 1 is 1.50 bits per heavy atom. The zero-order valence-corrected chi connectivity index (χ0v) is 11.1. The highest BCUT2D eigenvalue weighted by Crippen LogP contribution is 2.36. The molecule has 20 heavy (non-hydrogen) atoms. The number of hydrogen-bond acceptors (Lipinski definition) is 3. The highest BCUT2D eigenvalue weighted by atomic mass is 19.3. The highest BCUT2D eigenvalue weighted by molar-refractivity contribution is 5.92. The van der Waals surface area contributed by atoms with Gasteiger partial charge in [-0.15, -0.1) is 0 Å². The van der Waals surface area contributed by atoms with E-state index in [0.29, 0.717) is 4.68 Å². The van der Waals surface area contributed by atoms with Crippen LogP contribution in [0.5, 0.6) is 0 Å². The van der Waals surface area contributed by atoms with Crippen molar-refractivity contribution in [2.24, 2.45) is 0 Å². The summed E-state index contributed by atoms with van der Waals surface area (Å²) in [6.45, 7) is -1.94. The SMILES string of the molecule is O=C(NC1CCNC12CCCC2)c1ccnn1C(F)F. The van der Waals surface area contributed by atoms with Gasteiger partial charge in [-0.1, -0.05) is 12.8 Å². The van der Waals surface area contributed by atoms with Crippen molar-refractivity contribution in [2.45, 2.75) is 50.2 Å². The number of nitrogens with zero attached hydrogens (tertiary/aromatic N) is 2. The lowest BCUT2D eigenvalue weighted by Crippen LogP contribution is -2.53. The minimum absolute atomic E-state index is 0.0125. The molecule has 1 amide bonds. The van der Waals surface area contributed by atoms with E-state index in [9.17, 15) is 13.6 Å². The molecule has 1 unspecified atom stereocenters. The van der Waals surface area contributed by atoms with E-state index in [0.717, 1.165) is 38.6 Å². The molecule has 1 aromatic heterocycles. The normalized spacial score (nSPS) is 24.6. The van der Waals surface area contributed by atoms with Crippen molar-refractivity contribution in [3.05, 3.63) is 18.0 Å². The van der Waals surface area contributed by atoms with Gasteiger partial charge >= 0.3 is 6.55 Å². The molecule has 1 aliphatic carbocycles. The first kappa shape index (κ1) is 13.5. The second-order valence-corrected chi connectivity index (χ2v) is 5.54. The number of hydrogen-bond donors (Lipinski definition) is 2. The van der Waals surface area contributed by atoms with Crippen LogP contribution in [0, 0.1) is 0 Å².